The van der Waals surface area contributed by atoms with Crippen LogP contribution in [0.3, 0.4) is 0 Å². The fourth-order valence-corrected chi connectivity index (χ4v) is 2.78. The highest BCUT2D eigenvalue weighted by molar-refractivity contribution is 5.65. The number of hydrogen-bond donors (Lipinski definition) is 1. The van der Waals surface area contributed by atoms with Crippen LogP contribution in [0.5, 0.6) is 0 Å². The molecule has 2 heterocycles. The van der Waals surface area contributed by atoms with E-state index in [-0.39, 0.29) is 0 Å². The number of aryl methyl sites for hydroxylation is 1. The fourth-order valence-electron chi connectivity index (χ4n) is 2.78. The van der Waals surface area contributed by atoms with Gasteiger partial charge in [-0.3, -0.25) is 0 Å². The lowest BCUT2D eigenvalue weighted by molar-refractivity contribution is 0.758. The van der Waals surface area contributed by atoms with Gasteiger partial charge in [0.15, 0.2) is 0 Å². The number of benzene rings is 1. The Labute approximate surface area is 120 Å². The van der Waals surface area contributed by atoms with Gasteiger partial charge in [0.1, 0.15) is 11.6 Å². The predicted molar refractivity (Wildman–Crippen MR) is 84.8 cm³/mol. The number of hydrogen-bond acceptors (Lipinski definition) is 3. The normalized spacial score (nSPS) is 14.6. The monoisotopic (exact) mass is 267 g/mol. The molecule has 0 saturated carbocycles. The van der Waals surface area contributed by atoms with Crippen molar-refractivity contribution in [2.24, 2.45) is 0 Å². The molecule has 0 saturated heterocycles. The van der Waals surface area contributed by atoms with E-state index in [0.717, 1.165) is 24.7 Å². The van der Waals surface area contributed by atoms with Crippen LogP contribution >= 0.6 is 0 Å². The second kappa shape index (κ2) is 5.95. The fraction of sp³-hybridized carbons (Fsp3) is 0.353. The molecule has 0 spiro atoms. The molecule has 0 amide bonds. The maximum absolute atomic E-state index is 4.74. The minimum atomic E-state index is 0.896. The van der Waals surface area contributed by atoms with Gasteiger partial charge in [-0.05, 0) is 49.9 Å². The number of nitrogens with zero attached hydrogens (tertiary/aromatic N) is 2. The SMILES string of the molecule is CCNc1cccc(N2CCCCc3ccccc32)n1. The molecular weight excluding hydrogens is 246 g/mol. The van der Waals surface area contributed by atoms with Crippen molar-refractivity contribution in [1.82, 2.24) is 4.98 Å². The molecule has 0 aliphatic carbocycles. The largest absolute Gasteiger partial charge is 0.370 e. The van der Waals surface area contributed by atoms with Crippen LogP contribution in [0.15, 0.2) is 42.5 Å². The zero-order valence-corrected chi connectivity index (χ0v) is 12.0. The Balaban J connectivity index is 1.98. The minimum absolute atomic E-state index is 0.896. The number of fused-ring (bicyclic) bond motifs is 1. The second-order valence-electron chi connectivity index (χ2n) is 5.15. The minimum Gasteiger partial charge on any atom is -0.370 e. The zero-order valence-electron chi connectivity index (χ0n) is 12.0. The Morgan fingerprint density at radius 1 is 1.10 bits per heavy atom. The van der Waals surface area contributed by atoms with Gasteiger partial charge in [0.05, 0.1) is 0 Å². The molecular formula is C17H21N3. The highest BCUT2D eigenvalue weighted by atomic mass is 15.2. The number of anilines is 3. The summed E-state index contributed by atoms with van der Waals surface area (Å²) in [6.07, 6.45) is 3.63. The molecule has 3 nitrogen and oxygen atoms in total. The summed E-state index contributed by atoms with van der Waals surface area (Å²) in [7, 11) is 0. The summed E-state index contributed by atoms with van der Waals surface area (Å²) in [5, 5.41) is 3.29. The third-order valence-electron chi connectivity index (χ3n) is 3.73. The number of pyridine rings is 1. The van der Waals surface area contributed by atoms with Crippen molar-refractivity contribution >= 4 is 17.3 Å². The van der Waals surface area contributed by atoms with Crippen molar-refractivity contribution in [3.05, 3.63) is 48.0 Å². The van der Waals surface area contributed by atoms with E-state index in [0.29, 0.717) is 0 Å². The average Bonchev–Trinajstić information content (AvgIpc) is 2.70. The number of rotatable bonds is 3. The molecule has 1 aromatic heterocycles. The standard InChI is InChI=1S/C17H21N3/c1-2-18-16-11-7-12-17(19-16)20-13-6-5-9-14-8-3-4-10-15(14)20/h3-4,7-8,10-12H,2,5-6,9,13H2,1H3,(H,18,19). The van der Waals surface area contributed by atoms with Crippen LogP contribution in [0.4, 0.5) is 17.3 Å². The summed E-state index contributed by atoms with van der Waals surface area (Å²) >= 11 is 0. The van der Waals surface area contributed by atoms with Gasteiger partial charge >= 0.3 is 0 Å². The first-order chi connectivity index (χ1) is 9.88. The Morgan fingerprint density at radius 3 is 2.90 bits per heavy atom. The van der Waals surface area contributed by atoms with Gasteiger partial charge < -0.3 is 10.2 Å². The lowest BCUT2D eigenvalue weighted by Gasteiger charge is -2.24. The van der Waals surface area contributed by atoms with Crippen LogP contribution in [-0.2, 0) is 6.42 Å². The molecule has 1 N–H and O–H groups in total. The predicted octanol–water partition coefficient (Wildman–Crippen LogP) is 3.99. The average molecular weight is 267 g/mol. The first kappa shape index (κ1) is 13.0. The van der Waals surface area contributed by atoms with Gasteiger partial charge in [0, 0.05) is 18.8 Å². The Bertz CT molecular complexity index is 580. The van der Waals surface area contributed by atoms with Gasteiger partial charge in [0.2, 0.25) is 0 Å². The molecule has 0 radical (unpaired) electrons. The van der Waals surface area contributed by atoms with Crippen molar-refractivity contribution in [3.63, 3.8) is 0 Å². The third kappa shape index (κ3) is 2.62. The Kier molecular flexibility index (Phi) is 3.86. The summed E-state index contributed by atoms with van der Waals surface area (Å²) in [6.45, 7) is 4.03. The van der Waals surface area contributed by atoms with E-state index < -0.39 is 0 Å². The molecule has 0 unspecified atom stereocenters. The van der Waals surface area contributed by atoms with Crippen LogP contribution in [-0.4, -0.2) is 18.1 Å². The van der Waals surface area contributed by atoms with Crippen LogP contribution in [0.25, 0.3) is 0 Å². The first-order valence-corrected chi connectivity index (χ1v) is 7.45. The van der Waals surface area contributed by atoms with Crippen LogP contribution in [0.1, 0.15) is 25.3 Å². The quantitative estimate of drug-likeness (QED) is 0.911. The van der Waals surface area contributed by atoms with Crippen molar-refractivity contribution < 1.29 is 0 Å². The third-order valence-corrected chi connectivity index (χ3v) is 3.73. The lowest BCUT2D eigenvalue weighted by atomic mass is 10.1. The number of aromatic nitrogens is 1. The van der Waals surface area contributed by atoms with Crippen molar-refractivity contribution in [2.45, 2.75) is 26.2 Å². The number of para-hydroxylation sites is 1. The number of nitrogens with one attached hydrogen (secondary N) is 1. The van der Waals surface area contributed by atoms with Gasteiger partial charge in [-0.1, -0.05) is 24.3 Å². The highest BCUT2D eigenvalue weighted by Gasteiger charge is 2.17. The topological polar surface area (TPSA) is 28.2 Å². The van der Waals surface area contributed by atoms with Crippen LogP contribution < -0.4 is 10.2 Å². The van der Waals surface area contributed by atoms with Gasteiger partial charge in [0.25, 0.3) is 0 Å². The summed E-state index contributed by atoms with van der Waals surface area (Å²) in [5.41, 5.74) is 2.74. The van der Waals surface area contributed by atoms with Crippen molar-refractivity contribution in [3.8, 4) is 0 Å². The molecule has 0 atom stereocenters. The van der Waals surface area contributed by atoms with Crippen LogP contribution in [0, 0.1) is 0 Å². The van der Waals surface area contributed by atoms with E-state index in [1.54, 1.807) is 0 Å². The molecule has 1 aliphatic heterocycles. The molecule has 104 valence electrons. The van der Waals surface area contributed by atoms with E-state index in [9.17, 15) is 0 Å². The molecule has 0 bridgehead atoms. The Hall–Kier alpha value is -2.03. The van der Waals surface area contributed by atoms with E-state index in [1.807, 2.05) is 6.07 Å². The summed E-state index contributed by atoms with van der Waals surface area (Å²) in [4.78, 5) is 7.09. The van der Waals surface area contributed by atoms with Crippen molar-refractivity contribution in [2.75, 3.05) is 23.3 Å². The summed E-state index contributed by atoms with van der Waals surface area (Å²) < 4.78 is 0. The molecule has 0 fully saturated rings. The van der Waals surface area contributed by atoms with Gasteiger partial charge in [-0.2, -0.15) is 0 Å². The van der Waals surface area contributed by atoms with E-state index >= 15 is 0 Å². The van der Waals surface area contributed by atoms with E-state index in [2.05, 4.69) is 53.5 Å². The first-order valence-electron chi connectivity index (χ1n) is 7.45. The Morgan fingerprint density at radius 2 is 2.00 bits per heavy atom. The zero-order chi connectivity index (χ0) is 13.8. The highest BCUT2D eigenvalue weighted by Crippen LogP contribution is 2.31. The lowest BCUT2D eigenvalue weighted by Crippen LogP contribution is -2.19. The van der Waals surface area contributed by atoms with Crippen LogP contribution in [0.2, 0.25) is 0 Å². The maximum atomic E-state index is 4.74. The summed E-state index contributed by atoms with van der Waals surface area (Å²) in [5.74, 6) is 1.99. The van der Waals surface area contributed by atoms with Gasteiger partial charge in [-0.15, -0.1) is 0 Å². The van der Waals surface area contributed by atoms with E-state index in [4.69, 9.17) is 4.98 Å². The molecule has 20 heavy (non-hydrogen) atoms. The van der Waals surface area contributed by atoms with E-state index in [1.165, 1.54) is 30.5 Å². The molecule has 3 rings (SSSR count). The van der Waals surface area contributed by atoms with Crippen molar-refractivity contribution in [1.29, 1.82) is 0 Å². The molecule has 2 aromatic rings. The smallest absolute Gasteiger partial charge is 0.135 e. The maximum Gasteiger partial charge on any atom is 0.135 e. The second-order valence-corrected chi connectivity index (χ2v) is 5.15. The van der Waals surface area contributed by atoms with Gasteiger partial charge in [-0.25, -0.2) is 4.98 Å². The molecule has 1 aliphatic rings. The summed E-state index contributed by atoms with van der Waals surface area (Å²) in [6, 6.07) is 14.9. The molecule has 1 aromatic carbocycles. The molecule has 3 heteroatoms.